The molecule has 2 amide bonds. The van der Waals surface area contributed by atoms with E-state index < -0.39 is 18.5 Å². The van der Waals surface area contributed by atoms with Gasteiger partial charge < -0.3 is 15.4 Å². The number of nitrogens with one attached hydrogen (secondary N) is 2. The van der Waals surface area contributed by atoms with Crippen molar-refractivity contribution in [3.63, 3.8) is 0 Å². The summed E-state index contributed by atoms with van der Waals surface area (Å²) in [5.74, 6) is -1.60. The minimum atomic E-state index is -0.729. The van der Waals surface area contributed by atoms with Gasteiger partial charge in [0.1, 0.15) is 11.0 Å². The van der Waals surface area contributed by atoms with Crippen molar-refractivity contribution in [3.05, 3.63) is 83.9 Å². The topological polar surface area (TPSA) is 110 Å². The fraction of sp³-hybridized carbons (Fsp3) is 0.0455. The van der Waals surface area contributed by atoms with Crippen LogP contribution in [0.5, 0.6) is 0 Å². The number of fused-ring (bicyclic) bond motifs is 1. The first-order chi connectivity index (χ1) is 15.1. The smallest absolute Gasteiger partial charge is 0.340 e. The Morgan fingerprint density at radius 1 is 0.806 bits per heavy atom. The minimum Gasteiger partial charge on any atom is -0.452 e. The van der Waals surface area contributed by atoms with Crippen LogP contribution < -0.4 is 10.6 Å². The van der Waals surface area contributed by atoms with E-state index in [9.17, 15) is 14.4 Å². The number of esters is 1. The lowest BCUT2D eigenvalue weighted by Gasteiger charge is -2.11. The maximum absolute atomic E-state index is 12.5. The molecular weight excluding hydrogens is 416 g/mol. The monoisotopic (exact) mass is 432 g/mol. The Balaban J connectivity index is 1.40. The third-order valence-corrected chi connectivity index (χ3v) is 4.87. The maximum atomic E-state index is 12.5. The van der Waals surface area contributed by atoms with Crippen molar-refractivity contribution in [2.45, 2.75) is 0 Å². The average molecular weight is 432 g/mol. The number of rotatable bonds is 6. The molecule has 4 rings (SSSR count). The molecule has 0 unspecified atom stereocenters. The molecule has 154 valence electrons. The number of hydrogen-bond acceptors (Lipinski definition) is 7. The molecule has 2 N–H and O–H groups in total. The molecular formula is C22H16N4O4S. The van der Waals surface area contributed by atoms with Crippen LogP contribution >= 0.6 is 11.7 Å². The summed E-state index contributed by atoms with van der Waals surface area (Å²) in [5, 5.41) is 5.36. The van der Waals surface area contributed by atoms with Crippen molar-refractivity contribution in [2.75, 3.05) is 17.2 Å². The van der Waals surface area contributed by atoms with E-state index in [1.165, 1.54) is 6.07 Å². The lowest BCUT2D eigenvalue weighted by atomic mass is 10.1. The summed E-state index contributed by atoms with van der Waals surface area (Å²) in [7, 11) is 0. The number of carbonyl (C=O) groups excluding carboxylic acids is 3. The van der Waals surface area contributed by atoms with Crippen LogP contribution in [0.15, 0.2) is 72.8 Å². The third-order valence-electron chi connectivity index (χ3n) is 4.33. The van der Waals surface area contributed by atoms with Crippen LogP contribution in [-0.4, -0.2) is 33.1 Å². The van der Waals surface area contributed by atoms with E-state index in [-0.39, 0.29) is 11.5 Å². The zero-order valence-corrected chi connectivity index (χ0v) is 16.9. The highest BCUT2D eigenvalue weighted by Gasteiger charge is 2.17. The van der Waals surface area contributed by atoms with Gasteiger partial charge in [-0.3, -0.25) is 9.59 Å². The molecule has 0 bridgehead atoms. The van der Waals surface area contributed by atoms with Crippen LogP contribution in [0.25, 0.3) is 11.0 Å². The number of anilines is 2. The first-order valence-electron chi connectivity index (χ1n) is 9.25. The second-order valence-corrected chi connectivity index (χ2v) is 6.96. The van der Waals surface area contributed by atoms with Gasteiger partial charge in [-0.2, -0.15) is 8.75 Å². The predicted molar refractivity (Wildman–Crippen MR) is 117 cm³/mol. The van der Waals surface area contributed by atoms with Crippen molar-refractivity contribution < 1.29 is 19.1 Å². The van der Waals surface area contributed by atoms with Gasteiger partial charge in [0.2, 0.25) is 0 Å². The second-order valence-electron chi connectivity index (χ2n) is 6.43. The van der Waals surface area contributed by atoms with Crippen molar-refractivity contribution in [1.82, 2.24) is 8.75 Å². The number of benzene rings is 3. The SMILES string of the molecule is O=C(COC(=O)c1ccccc1NC(=O)c1ccccc1)Nc1cccc2nsnc12. The number of hydrogen-bond donors (Lipinski definition) is 2. The highest BCUT2D eigenvalue weighted by Crippen LogP contribution is 2.21. The van der Waals surface area contributed by atoms with Gasteiger partial charge in [-0.1, -0.05) is 36.4 Å². The molecule has 0 aliphatic carbocycles. The van der Waals surface area contributed by atoms with Crippen molar-refractivity contribution in [1.29, 1.82) is 0 Å². The highest BCUT2D eigenvalue weighted by atomic mass is 32.1. The summed E-state index contributed by atoms with van der Waals surface area (Å²) in [6.45, 7) is -0.492. The van der Waals surface area contributed by atoms with Crippen LogP contribution in [0, 0.1) is 0 Å². The van der Waals surface area contributed by atoms with E-state index >= 15 is 0 Å². The lowest BCUT2D eigenvalue weighted by molar-refractivity contribution is -0.119. The molecule has 31 heavy (non-hydrogen) atoms. The third kappa shape index (κ3) is 4.73. The number of amides is 2. The van der Waals surface area contributed by atoms with Gasteiger partial charge in [-0.25, -0.2) is 4.79 Å². The van der Waals surface area contributed by atoms with Gasteiger partial charge in [-0.15, -0.1) is 0 Å². The fourth-order valence-electron chi connectivity index (χ4n) is 2.86. The van der Waals surface area contributed by atoms with Gasteiger partial charge in [-0.05, 0) is 36.4 Å². The zero-order chi connectivity index (χ0) is 21.6. The molecule has 3 aromatic carbocycles. The molecule has 0 aliphatic heterocycles. The van der Waals surface area contributed by atoms with Crippen LogP contribution in [0.4, 0.5) is 11.4 Å². The van der Waals surface area contributed by atoms with E-state index in [0.29, 0.717) is 28.0 Å². The van der Waals surface area contributed by atoms with Gasteiger partial charge >= 0.3 is 5.97 Å². The first kappa shape index (κ1) is 20.2. The quantitative estimate of drug-likeness (QED) is 0.449. The molecule has 0 saturated carbocycles. The van der Waals surface area contributed by atoms with E-state index in [4.69, 9.17) is 4.74 Å². The van der Waals surface area contributed by atoms with Gasteiger partial charge in [0.05, 0.1) is 28.7 Å². The molecule has 8 nitrogen and oxygen atoms in total. The molecule has 0 saturated heterocycles. The van der Waals surface area contributed by atoms with E-state index in [1.54, 1.807) is 66.7 Å². The summed E-state index contributed by atoms with van der Waals surface area (Å²) >= 11 is 1.04. The molecule has 0 atom stereocenters. The van der Waals surface area contributed by atoms with Crippen LogP contribution in [0.2, 0.25) is 0 Å². The Morgan fingerprint density at radius 2 is 1.55 bits per heavy atom. The summed E-state index contributed by atoms with van der Waals surface area (Å²) in [5.41, 5.74) is 2.62. The molecule has 0 aliphatic rings. The summed E-state index contributed by atoms with van der Waals surface area (Å²) in [6.07, 6.45) is 0. The lowest BCUT2D eigenvalue weighted by Crippen LogP contribution is -2.22. The number of aromatic nitrogens is 2. The number of para-hydroxylation sites is 1. The van der Waals surface area contributed by atoms with Crippen LogP contribution in [0.3, 0.4) is 0 Å². The molecule has 0 radical (unpaired) electrons. The highest BCUT2D eigenvalue weighted by molar-refractivity contribution is 7.00. The zero-order valence-electron chi connectivity index (χ0n) is 16.1. The number of nitrogens with zero attached hydrogens (tertiary/aromatic N) is 2. The standard InChI is InChI=1S/C22H16N4O4S/c27-19(23-17-11-6-12-18-20(17)26-31-25-18)13-30-22(29)15-9-4-5-10-16(15)24-21(28)14-7-2-1-3-8-14/h1-12H,13H2,(H,23,27)(H,24,28). The predicted octanol–water partition coefficient (Wildman–Crippen LogP) is 3.74. The second kappa shape index (κ2) is 9.14. The molecule has 9 heteroatoms. The Bertz CT molecular complexity index is 1260. The number of carbonyl (C=O) groups is 3. The first-order valence-corrected chi connectivity index (χ1v) is 9.98. The molecule has 4 aromatic rings. The Labute approximate surface area is 181 Å². The normalized spacial score (nSPS) is 10.5. The molecule has 0 fully saturated rings. The summed E-state index contributed by atoms with van der Waals surface area (Å²) < 4.78 is 13.4. The van der Waals surface area contributed by atoms with Crippen LogP contribution in [0.1, 0.15) is 20.7 Å². The maximum Gasteiger partial charge on any atom is 0.340 e. The fourth-order valence-corrected chi connectivity index (χ4v) is 3.41. The largest absolute Gasteiger partial charge is 0.452 e. The van der Waals surface area contributed by atoms with Gasteiger partial charge in [0, 0.05) is 5.56 Å². The average Bonchev–Trinajstić information content (AvgIpc) is 3.28. The summed E-state index contributed by atoms with van der Waals surface area (Å²) in [4.78, 5) is 37.2. The van der Waals surface area contributed by atoms with Gasteiger partial charge in [0.25, 0.3) is 11.8 Å². The molecule has 1 heterocycles. The van der Waals surface area contributed by atoms with E-state index in [2.05, 4.69) is 19.4 Å². The van der Waals surface area contributed by atoms with Crippen molar-refractivity contribution in [2.24, 2.45) is 0 Å². The number of ether oxygens (including phenoxy) is 1. The van der Waals surface area contributed by atoms with Crippen molar-refractivity contribution in [3.8, 4) is 0 Å². The Kier molecular flexibility index (Phi) is 5.95. The van der Waals surface area contributed by atoms with Gasteiger partial charge in [0.15, 0.2) is 6.61 Å². The minimum absolute atomic E-state index is 0.144. The van der Waals surface area contributed by atoms with E-state index in [1.807, 2.05) is 0 Å². The Morgan fingerprint density at radius 3 is 2.39 bits per heavy atom. The Hall–Kier alpha value is -4.11. The molecule has 1 aromatic heterocycles. The van der Waals surface area contributed by atoms with Crippen LogP contribution in [-0.2, 0) is 9.53 Å². The van der Waals surface area contributed by atoms with Crippen molar-refractivity contribution >= 4 is 51.9 Å². The van der Waals surface area contributed by atoms with E-state index in [0.717, 1.165) is 11.7 Å². The summed E-state index contributed by atoms with van der Waals surface area (Å²) in [6, 6.07) is 20.3. The molecule has 0 spiro atoms.